The van der Waals surface area contributed by atoms with Crippen LogP contribution in [0.1, 0.15) is 54.6 Å². The zero-order chi connectivity index (χ0) is 23.7. The van der Waals surface area contributed by atoms with E-state index in [-0.39, 0.29) is 36.6 Å². The monoisotopic (exact) mass is 456 g/mol. The Labute approximate surface area is 183 Å². The van der Waals surface area contributed by atoms with Crippen LogP contribution in [0.2, 0.25) is 0 Å². The normalized spacial score (nSPS) is 12.3. The highest BCUT2D eigenvalue weighted by molar-refractivity contribution is 5.99. The SMILES string of the molecule is CCCCC(O)Cn1ncc(C(=O)OCC)c1NC(=O)NCc1ccccc1C(F)(F)F. The zero-order valence-corrected chi connectivity index (χ0v) is 17.9. The van der Waals surface area contributed by atoms with Crippen LogP contribution in [0.15, 0.2) is 30.5 Å². The lowest BCUT2D eigenvalue weighted by molar-refractivity contribution is -0.138. The lowest BCUT2D eigenvalue weighted by atomic mass is 10.1. The Balaban J connectivity index is 2.16. The smallest absolute Gasteiger partial charge is 0.416 e. The molecule has 2 rings (SSSR count). The third kappa shape index (κ3) is 6.98. The molecule has 0 fully saturated rings. The van der Waals surface area contributed by atoms with Crippen LogP contribution in [0.5, 0.6) is 0 Å². The Morgan fingerprint density at radius 1 is 1.25 bits per heavy atom. The minimum absolute atomic E-state index is 0.0133. The number of aliphatic hydroxyl groups is 1. The maximum Gasteiger partial charge on any atom is 0.416 e. The second-order valence-electron chi connectivity index (χ2n) is 7.07. The van der Waals surface area contributed by atoms with Crippen LogP contribution in [0, 0.1) is 0 Å². The molecule has 1 heterocycles. The van der Waals surface area contributed by atoms with Gasteiger partial charge in [-0.15, -0.1) is 0 Å². The van der Waals surface area contributed by atoms with Gasteiger partial charge in [0.05, 0.1) is 31.0 Å². The number of rotatable bonds is 10. The highest BCUT2D eigenvalue weighted by Crippen LogP contribution is 2.31. The zero-order valence-electron chi connectivity index (χ0n) is 17.9. The van der Waals surface area contributed by atoms with E-state index in [2.05, 4.69) is 15.7 Å². The fraction of sp³-hybridized carbons (Fsp3) is 0.476. The second-order valence-corrected chi connectivity index (χ2v) is 7.07. The Kier molecular flexibility index (Phi) is 9.06. The molecular weight excluding hydrogens is 429 g/mol. The molecule has 1 aromatic carbocycles. The molecule has 1 unspecified atom stereocenters. The molecule has 176 valence electrons. The number of esters is 1. The first-order valence-corrected chi connectivity index (χ1v) is 10.3. The fourth-order valence-electron chi connectivity index (χ4n) is 3.02. The molecule has 0 aliphatic carbocycles. The van der Waals surface area contributed by atoms with Crippen LogP contribution in [-0.4, -0.2) is 39.6 Å². The highest BCUT2D eigenvalue weighted by Gasteiger charge is 2.33. The largest absolute Gasteiger partial charge is 0.462 e. The summed E-state index contributed by atoms with van der Waals surface area (Å²) in [6.07, 6.45) is -1.93. The van der Waals surface area contributed by atoms with Gasteiger partial charge in [-0.25, -0.2) is 14.3 Å². The van der Waals surface area contributed by atoms with Crippen molar-refractivity contribution in [2.24, 2.45) is 0 Å². The summed E-state index contributed by atoms with van der Waals surface area (Å²) in [6, 6.07) is 4.07. The van der Waals surface area contributed by atoms with Crippen LogP contribution in [0.3, 0.4) is 0 Å². The molecule has 0 bridgehead atoms. The predicted octanol–water partition coefficient (Wildman–Crippen LogP) is 3.95. The Bertz CT molecular complexity index is 915. The van der Waals surface area contributed by atoms with Crippen LogP contribution in [0.25, 0.3) is 0 Å². The highest BCUT2D eigenvalue weighted by atomic mass is 19.4. The van der Waals surface area contributed by atoms with Gasteiger partial charge >= 0.3 is 18.2 Å². The summed E-state index contributed by atoms with van der Waals surface area (Å²) in [5.74, 6) is -0.736. The molecule has 0 aliphatic rings. The minimum atomic E-state index is -4.56. The molecule has 0 saturated heterocycles. The number of ether oxygens (including phenoxy) is 1. The number of unbranched alkanes of at least 4 members (excludes halogenated alkanes) is 1. The van der Waals surface area contributed by atoms with Gasteiger partial charge in [0.25, 0.3) is 0 Å². The maximum atomic E-state index is 13.1. The van der Waals surface area contributed by atoms with Crippen molar-refractivity contribution in [3.8, 4) is 0 Å². The van der Waals surface area contributed by atoms with Gasteiger partial charge in [-0.2, -0.15) is 18.3 Å². The first kappa shape index (κ1) is 25.2. The van der Waals surface area contributed by atoms with Crippen molar-refractivity contribution >= 4 is 17.8 Å². The molecular formula is C21H27F3N4O4. The first-order chi connectivity index (χ1) is 15.2. The number of halogens is 3. The number of alkyl halides is 3. The minimum Gasteiger partial charge on any atom is -0.462 e. The number of aliphatic hydroxyl groups excluding tert-OH is 1. The van der Waals surface area contributed by atoms with Crippen molar-refractivity contribution in [2.75, 3.05) is 11.9 Å². The van der Waals surface area contributed by atoms with Crippen molar-refractivity contribution in [1.82, 2.24) is 15.1 Å². The molecule has 2 amide bonds. The van der Waals surface area contributed by atoms with Crippen molar-refractivity contribution in [2.45, 2.75) is 58.5 Å². The molecule has 0 spiro atoms. The maximum absolute atomic E-state index is 13.1. The molecule has 8 nitrogen and oxygen atoms in total. The van der Waals surface area contributed by atoms with Crippen LogP contribution < -0.4 is 10.6 Å². The number of amides is 2. The second kappa shape index (κ2) is 11.5. The predicted molar refractivity (Wildman–Crippen MR) is 111 cm³/mol. The average Bonchev–Trinajstić information content (AvgIpc) is 3.12. The number of hydrogen-bond donors (Lipinski definition) is 3. The standard InChI is InChI=1S/C21H27F3N4O4/c1-3-5-9-15(29)13-28-18(16(12-26-28)19(30)32-4-2)27-20(31)25-11-14-8-6-7-10-17(14)21(22,23)24/h6-8,10,12,15,29H,3-5,9,11,13H2,1-2H3,(H2,25,27,31). The van der Waals surface area contributed by atoms with E-state index in [0.29, 0.717) is 6.42 Å². The molecule has 3 N–H and O–H groups in total. The summed E-state index contributed by atoms with van der Waals surface area (Å²) < 4.78 is 45.6. The Morgan fingerprint density at radius 3 is 2.62 bits per heavy atom. The average molecular weight is 456 g/mol. The number of urea groups is 1. The molecule has 0 radical (unpaired) electrons. The number of benzene rings is 1. The van der Waals surface area contributed by atoms with Gasteiger partial charge < -0.3 is 15.2 Å². The molecule has 0 saturated carbocycles. The van der Waals surface area contributed by atoms with E-state index in [1.807, 2.05) is 6.92 Å². The van der Waals surface area contributed by atoms with E-state index in [1.165, 1.54) is 29.1 Å². The van der Waals surface area contributed by atoms with Crippen molar-refractivity contribution in [1.29, 1.82) is 0 Å². The van der Waals surface area contributed by atoms with Gasteiger partial charge in [0, 0.05) is 6.54 Å². The molecule has 32 heavy (non-hydrogen) atoms. The molecule has 0 aliphatic heterocycles. The van der Waals surface area contributed by atoms with Crippen molar-refractivity contribution < 1.29 is 32.6 Å². The van der Waals surface area contributed by atoms with E-state index in [9.17, 15) is 27.9 Å². The fourth-order valence-corrected chi connectivity index (χ4v) is 3.02. The summed E-state index contributed by atoms with van der Waals surface area (Å²) in [5, 5.41) is 19.0. The number of nitrogens with zero attached hydrogens (tertiary/aromatic N) is 2. The summed E-state index contributed by atoms with van der Waals surface area (Å²) >= 11 is 0. The number of aromatic nitrogens is 2. The van der Waals surface area contributed by atoms with Gasteiger partial charge in [0.2, 0.25) is 0 Å². The number of hydrogen-bond acceptors (Lipinski definition) is 5. The number of anilines is 1. The molecule has 1 atom stereocenters. The van der Waals surface area contributed by atoms with Gasteiger partial charge in [0.1, 0.15) is 11.4 Å². The van der Waals surface area contributed by atoms with E-state index in [0.717, 1.165) is 18.9 Å². The summed E-state index contributed by atoms with van der Waals surface area (Å²) in [7, 11) is 0. The van der Waals surface area contributed by atoms with E-state index < -0.39 is 29.8 Å². The quantitative estimate of drug-likeness (QED) is 0.470. The van der Waals surface area contributed by atoms with Crippen LogP contribution >= 0.6 is 0 Å². The lowest BCUT2D eigenvalue weighted by Gasteiger charge is -2.16. The van der Waals surface area contributed by atoms with Gasteiger partial charge in [-0.1, -0.05) is 38.0 Å². The third-order valence-corrected chi connectivity index (χ3v) is 4.60. The van der Waals surface area contributed by atoms with Crippen molar-refractivity contribution in [3.63, 3.8) is 0 Å². The van der Waals surface area contributed by atoms with Gasteiger partial charge in [-0.05, 0) is 25.0 Å². The first-order valence-electron chi connectivity index (χ1n) is 10.3. The molecule has 2 aromatic rings. The molecule has 1 aromatic heterocycles. The van der Waals surface area contributed by atoms with Crippen molar-refractivity contribution in [3.05, 3.63) is 47.2 Å². The Morgan fingerprint density at radius 2 is 1.97 bits per heavy atom. The molecule has 11 heteroatoms. The topological polar surface area (TPSA) is 105 Å². The summed E-state index contributed by atoms with van der Waals surface area (Å²) in [5.41, 5.74) is -0.985. The lowest BCUT2D eigenvalue weighted by Crippen LogP contribution is -2.31. The van der Waals surface area contributed by atoms with Crippen LogP contribution in [-0.2, 0) is 24.0 Å². The summed E-state index contributed by atoms with van der Waals surface area (Å²) in [6.45, 7) is 3.33. The van der Waals surface area contributed by atoms with E-state index in [1.54, 1.807) is 6.92 Å². The third-order valence-electron chi connectivity index (χ3n) is 4.60. The van der Waals surface area contributed by atoms with E-state index in [4.69, 9.17) is 4.74 Å². The summed E-state index contributed by atoms with van der Waals surface area (Å²) in [4.78, 5) is 24.6. The Hall–Kier alpha value is -3.08. The number of carbonyl (C=O) groups excluding carboxylic acids is 2. The van der Waals surface area contributed by atoms with Gasteiger partial charge in [0.15, 0.2) is 0 Å². The number of nitrogens with one attached hydrogen (secondary N) is 2. The number of carbonyl (C=O) groups is 2. The van der Waals surface area contributed by atoms with Gasteiger partial charge in [-0.3, -0.25) is 5.32 Å². The van der Waals surface area contributed by atoms with Crippen LogP contribution in [0.4, 0.5) is 23.8 Å². The van der Waals surface area contributed by atoms with E-state index >= 15 is 0 Å².